The van der Waals surface area contributed by atoms with Crippen molar-refractivity contribution in [3.05, 3.63) is 66.0 Å². The number of nitrogens with one attached hydrogen (secondary N) is 1. The Hall–Kier alpha value is -2.35. The molecule has 0 aliphatic heterocycles. The smallest absolute Gasteiger partial charge is 0.137 e. The number of nitrogens with zero attached hydrogens (tertiary/aromatic N) is 1. The molecule has 0 bridgehead atoms. The summed E-state index contributed by atoms with van der Waals surface area (Å²) in [5.41, 5.74) is 6.66. The van der Waals surface area contributed by atoms with Crippen molar-refractivity contribution in [3.8, 4) is 22.5 Å². The van der Waals surface area contributed by atoms with E-state index in [4.69, 9.17) is 0 Å². The number of unbranched alkanes of at least 4 members (excludes halogenated alkanes) is 10. The molecule has 3 aromatic rings. The molecule has 0 fully saturated rings. The van der Waals surface area contributed by atoms with E-state index in [1.54, 1.807) is 0 Å². The lowest BCUT2D eigenvalue weighted by atomic mass is 9.93. The molecule has 1 heterocycles. The van der Waals surface area contributed by atoms with E-state index >= 15 is 0 Å². The van der Waals surface area contributed by atoms with E-state index in [-0.39, 0.29) is 0 Å². The lowest BCUT2D eigenvalue weighted by Crippen LogP contribution is -1.93. The highest BCUT2D eigenvalue weighted by Crippen LogP contribution is 2.32. The average Bonchev–Trinajstić information content (AvgIpc) is 3.38. The average molecular weight is 445 g/mol. The molecule has 1 N–H and O–H groups in total. The van der Waals surface area contributed by atoms with Gasteiger partial charge in [0.15, 0.2) is 0 Å². The summed E-state index contributed by atoms with van der Waals surface area (Å²) in [6, 6.07) is 16.2. The summed E-state index contributed by atoms with van der Waals surface area (Å²) >= 11 is 0. The third kappa shape index (κ3) is 8.50. The summed E-state index contributed by atoms with van der Waals surface area (Å²) in [5, 5.41) is 0. The van der Waals surface area contributed by atoms with Crippen LogP contribution in [0.1, 0.15) is 102 Å². The van der Waals surface area contributed by atoms with Crippen LogP contribution >= 0.6 is 0 Å². The number of H-pyrrole nitrogens is 1. The summed E-state index contributed by atoms with van der Waals surface area (Å²) < 4.78 is 0. The summed E-state index contributed by atoms with van der Waals surface area (Å²) in [6.45, 7) is 4.56. The number of aromatic amines is 1. The quantitative estimate of drug-likeness (QED) is 0.219. The molecule has 0 atom stereocenters. The normalized spacial score (nSPS) is 11.2. The second-order valence-corrected chi connectivity index (χ2v) is 9.55. The lowest BCUT2D eigenvalue weighted by molar-refractivity contribution is 0.589. The maximum Gasteiger partial charge on any atom is 0.137 e. The molecule has 0 radical (unpaired) electrons. The van der Waals surface area contributed by atoms with E-state index in [1.165, 1.54) is 111 Å². The van der Waals surface area contributed by atoms with Crippen LogP contribution in [0.15, 0.2) is 54.9 Å². The van der Waals surface area contributed by atoms with E-state index in [1.807, 2.05) is 12.4 Å². The van der Waals surface area contributed by atoms with Crippen molar-refractivity contribution in [2.24, 2.45) is 0 Å². The van der Waals surface area contributed by atoms with Gasteiger partial charge in [0.05, 0.1) is 0 Å². The molecule has 0 aliphatic rings. The SMILES string of the molecule is CCCCCCCCCc1ccc(-c2ncc[nH]2)c(-c2ccc(CCCCCCC)cc2)c1. The number of aromatic nitrogens is 2. The van der Waals surface area contributed by atoms with Crippen LogP contribution in [-0.4, -0.2) is 9.97 Å². The third-order valence-electron chi connectivity index (χ3n) is 6.74. The minimum atomic E-state index is 0.951. The molecule has 33 heavy (non-hydrogen) atoms. The van der Waals surface area contributed by atoms with Gasteiger partial charge >= 0.3 is 0 Å². The first kappa shape index (κ1) is 25.3. The molecule has 3 rings (SSSR count). The van der Waals surface area contributed by atoms with Gasteiger partial charge in [-0.1, -0.05) is 121 Å². The largest absolute Gasteiger partial charge is 0.345 e. The van der Waals surface area contributed by atoms with E-state index in [9.17, 15) is 0 Å². The van der Waals surface area contributed by atoms with Gasteiger partial charge in [-0.05, 0) is 47.9 Å². The Morgan fingerprint density at radius 2 is 1.18 bits per heavy atom. The minimum Gasteiger partial charge on any atom is -0.345 e. The molecule has 1 aromatic heterocycles. The molecule has 2 nitrogen and oxygen atoms in total. The van der Waals surface area contributed by atoms with Gasteiger partial charge in [-0.3, -0.25) is 0 Å². The van der Waals surface area contributed by atoms with Gasteiger partial charge in [0.25, 0.3) is 0 Å². The highest BCUT2D eigenvalue weighted by molar-refractivity contribution is 5.81. The standard InChI is InChI=1S/C31H44N2/c1-3-5-7-9-10-12-14-16-27-19-22-29(31-32-23-24-33-31)30(25-27)28-20-17-26(18-21-28)15-13-11-8-6-4-2/h17-25H,3-16H2,1-2H3,(H,32,33). The Morgan fingerprint density at radius 3 is 1.79 bits per heavy atom. The molecule has 0 spiro atoms. The Bertz CT molecular complexity index is 893. The zero-order chi connectivity index (χ0) is 23.1. The van der Waals surface area contributed by atoms with Crippen LogP contribution in [0.5, 0.6) is 0 Å². The number of benzene rings is 2. The molecule has 0 amide bonds. The van der Waals surface area contributed by atoms with Crippen molar-refractivity contribution < 1.29 is 0 Å². The van der Waals surface area contributed by atoms with Gasteiger partial charge in [-0.25, -0.2) is 4.98 Å². The second kappa shape index (κ2) is 14.7. The maximum atomic E-state index is 4.54. The van der Waals surface area contributed by atoms with E-state index in [2.05, 4.69) is 66.3 Å². The Kier molecular flexibility index (Phi) is 11.3. The second-order valence-electron chi connectivity index (χ2n) is 9.55. The molecule has 0 saturated carbocycles. The van der Waals surface area contributed by atoms with E-state index < -0.39 is 0 Å². The van der Waals surface area contributed by atoms with Crippen molar-refractivity contribution in [1.29, 1.82) is 0 Å². The van der Waals surface area contributed by atoms with Gasteiger partial charge in [0.2, 0.25) is 0 Å². The van der Waals surface area contributed by atoms with Crippen LogP contribution in [0.3, 0.4) is 0 Å². The van der Waals surface area contributed by atoms with Crippen LogP contribution in [0.25, 0.3) is 22.5 Å². The van der Waals surface area contributed by atoms with Gasteiger partial charge in [0, 0.05) is 18.0 Å². The number of imidazole rings is 1. The summed E-state index contributed by atoms with van der Waals surface area (Å²) in [5.74, 6) is 0.951. The topological polar surface area (TPSA) is 28.7 Å². The first-order valence-corrected chi connectivity index (χ1v) is 13.5. The van der Waals surface area contributed by atoms with Crippen LogP contribution in [0, 0.1) is 0 Å². The monoisotopic (exact) mass is 444 g/mol. The molecule has 0 aliphatic carbocycles. The lowest BCUT2D eigenvalue weighted by Gasteiger charge is -2.12. The number of hydrogen-bond acceptors (Lipinski definition) is 1. The van der Waals surface area contributed by atoms with Crippen LogP contribution in [0.2, 0.25) is 0 Å². The van der Waals surface area contributed by atoms with Crippen LogP contribution in [0.4, 0.5) is 0 Å². The highest BCUT2D eigenvalue weighted by atomic mass is 14.9. The number of hydrogen-bond donors (Lipinski definition) is 1. The van der Waals surface area contributed by atoms with Crippen LogP contribution in [-0.2, 0) is 12.8 Å². The molecular formula is C31H44N2. The van der Waals surface area contributed by atoms with Gasteiger partial charge in [-0.2, -0.15) is 0 Å². The molecule has 0 unspecified atom stereocenters. The molecule has 178 valence electrons. The van der Waals surface area contributed by atoms with E-state index in [0.717, 1.165) is 12.2 Å². The van der Waals surface area contributed by atoms with Gasteiger partial charge in [0.1, 0.15) is 5.82 Å². The Labute approximate surface area is 202 Å². The maximum absolute atomic E-state index is 4.54. The fourth-order valence-corrected chi connectivity index (χ4v) is 4.67. The number of aryl methyl sites for hydroxylation is 2. The molecule has 2 aromatic carbocycles. The van der Waals surface area contributed by atoms with Crippen molar-refractivity contribution in [3.63, 3.8) is 0 Å². The predicted molar refractivity (Wildman–Crippen MR) is 144 cm³/mol. The van der Waals surface area contributed by atoms with Crippen molar-refractivity contribution in [1.82, 2.24) is 9.97 Å². The van der Waals surface area contributed by atoms with E-state index in [0.29, 0.717) is 0 Å². The molecule has 0 saturated heterocycles. The molecular weight excluding hydrogens is 400 g/mol. The highest BCUT2D eigenvalue weighted by Gasteiger charge is 2.11. The fraction of sp³-hybridized carbons (Fsp3) is 0.516. The van der Waals surface area contributed by atoms with Gasteiger partial charge < -0.3 is 4.98 Å². The molecule has 2 heteroatoms. The summed E-state index contributed by atoms with van der Waals surface area (Å²) in [7, 11) is 0. The predicted octanol–water partition coefficient (Wildman–Crippen LogP) is 9.55. The van der Waals surface area contributed by atoms with Crippen molar-refractivity contribution in [2.75, 3.05) is 0 Å². The Balaban J connectivity index is 1.65. The summed E-state index contributed by atoms with van der Waals surface area (Å²) in [4.78, 5) is 7.84. The fourth-order valence-electron chi connectivity index (χ4n) is 4.67. The first-order valence-electron chi connectivity index (χ1n) is 13.5. The minimum absolute atomic E-state index is 0.951. The van der Waals surface area contributed by atoms with Crippen molar-refractivity contribution >= 4 is 0 Å². The van der Waals surface area contributed by atoms with Crippen LogP contribution < -0.4 is 0 Å². The summed E-state index contributed by atoms with van der Waals surface area (Å²) in [6.07, 6.45) is 22.3. The van der Waals surface area contributed by atoms with Gasteiger partial charge in [-0.15, -0.1) is 0 Å². The third-order valence-corrected chi connectivity index (χ3v) is 6.74. The number of rotatable bonds is 16. The zero-order valence-corrected chi connectivity index (χ0v) is 21.0. The zero-order valence-electron chi connectivity index (χ0n) is 21.0. The first-order chi connectivity index (χ1) is 16.3. The Morgan fingerprint density at radius 1 is 0.606 bits per heavy atom. The van der Waals surface area contributed by atoms with Crippen molar-refractivity contribution in [2.45, 2.75) is 104 Å².